The van der Waals surface area contributed by atoms with Gasteiger partial charge in [-0.1, -0.05) is 13.0 Å². The van der Waals surface area contributed by atoms with Crippen molar-refractivity contribution in [3.05, 3.63) is 23.8 Å². The molecule has 2 atom stereocenters. The maximum absolute atomic E-state index is 12.3. The van der Waals surface area contributed by atoms with Gasteiger partial charge in [0.25, 0.3) is 0 Å². The monoisotopic (exact) mass is 301 g/mol. The minimum Gasteiger partial charge on any atom is -0.495 e. The molecule has 0 radical (unpaired) electrons. The zero-order chi connectivity index (χ0) is 15.5. The van der Waals surface area contributed by atoms with Crippen molar-refractivity contribution in [2.45, 2.75) is 31.7 Å². The Hall–Kier alpha value is -1.60. The molecule has 0 fully saturated rings. The fourth-order valence-electron chi connectivity index (χ4n) is 1.62. The van der Waals surface area contributed by atoms with E-state index in [-0.39, 0.29) is 10.6 Å². The quantitative estimate of drug-likeness (QED) is 0.828. The predicted octanol–water partition coefficient (Wildman–Crippen LogP) is 1.39. The number of nitrogens with one attached hydrogen (secondary N) is 1. The van der Waals surface area contributed by atoms with Crippen LogP contribution in [0, 0.1) is 12.8 Å². The Morgan fingerprint density at radius 2 is 1.95 bits per heavy atom. The summed E-state index contributed by atoms with van der Waals surface area (Å²) >= 11 is 0. The van der Waals surface area contributed by atoms with Crippen LogP contribution in [-0.4, -0.2) is 32.6 Å². The van der Waals surface area contributed by atoms with Gasteiger partial charge in [0.2, 0.25) is 10.0 Å². The molecule has 2 unspecified atom stereocenters. The van der Waals surface area contributed by atoms with Gasteiger partial charge in [-0.15, -0.1) is 0 Å². The molecule has 20 heavy (non-hydrogen) atoms. The summed E-state index contributed by atoms with van der Waals surface area (Å²) in [4.78, 5) is 10.9. The molecule has 2 N–H and O–H groups in total. The highest BCUT2D eigenvalue weighted by Crippen LogP contribution is 2.25. The van der Waals surface area contributed by atoms with Gasteiger partial charge in [-0.05, 0) is 31.5 Å². The summed E-state index contributed by atoms with van der Waals surface area (Å²) in [6.07, 6.45) is 0. The van der Waals surface area contributed by atoms with Crippen molar-refractivity contribution in [3.8, 4) is 5.75 Å². The molecule has 0 aliphatic carbocycles. The third-order valence-corrected chi connectivity index (χ3v) is 4.67. The molecule has 6 nitrogen and oxygen atoms in total. The molecule has 7 heteroatoms. The standard InChI is InChI=1S/C13H19NO5S/c1-8-5-6-11(19-4)12(7-8)20(17,18)14-10(3)9(2)13(15)16/h5-7,9-10,14H,1-4H3,(H,15,16). The highest BCUT2D eigenvalue weighted by atomic mass is 32.2. The maximum atomic E-state index is 12.3. The highest BCUT2D eigenvalue weighted by molar-refractivity contribution is 7.89. The first kappa shape index (κ1) is 16.5. The average Bonchev–Trinajstić information content (AvgIpc) is 2.37. The zero-order valence-corrected chi connectivity index (χ0v) is 12.7. The first-order chi connectivity index (χ1) is 9.19. The number of sulfonamides is 1. The minimum absolute atomic E-state index is 0.00411. The second kappa shape index (κ2) is 6.23. The summed E-state index contributed by atoms with van der Waals surface area (Å²) in [5.41, 5.74) is 0.769. The van der Waals surface area contributed by atoms with E-state index in [4.69, 9.17) is 9.84 Å². The number of hydrogen-bond acceptors (Lipinski definition) is 4. The van der Waals surface area contributed by atoms with E-state index < -0.39 is 28.0 Å². The van der Waals surface area contributed by atoms with Crippen LogP contribution >= 0.6 is 0 Å². The lowest BCUT2D eigenvalue weighted by Crippen LogP contribution is -2.40. The van der Waals surface area contributed by atoms with Crippen LogP contribution in [0.3, 0.4) is 0 Å². The SMILES string of the molecule is COc1ccc(C)cc1S(=O)(=O)NC(C)C(C)C(=O)O. The largest absolute Gasteiger partial charge is 0.495 e. The number of methoxy groups -OCH3 is 1. The molecule has 1 aromatic carbocycles. The molecule has 0 spiro atoms. The van der Waals surface area contributed by atoms with Gasteiger partial charge < -0.3 is 9.84 Å². The molecule has 0 bridgehead atoms. The van der Waals surface area contributed by atoms with Crippen LogP contribution in [0.15, 0.2) is 23.1 Å². The van der Waals surface area contributed by atoms with Crippen molar-refractivity contribution in [1.29, 1.82) is 0 Å². The van der Waals surface area contributed by atoms with Crippen molar-refractivity contribution in [3.63, 3.8) is 0 Å². The fourth-order valence-corrected chi connectivity index (χ4v) is 3.20. The topological polar surface area (TPSA) is 92.7 Å². The Morgan fingerprint density at radius 3 is 2.45 bits per heavy atom. The van der Waals surface area contributed by atoms with Gasteiger partial charge in [-0.25, -0.2) is 13.1 Å². The Kier molecular flexibility index (Phi) is 5.13. The molecular weight excluding hydrogens is 282 g/mol. The highest BCUT2D eigenvalue weighted by Gasteiger charge is 2.27. The molecule has 0 aliphatic heterocycles. The van der Waals surface area contributed by atoms with E-state index in [1.54, 1.807) is 19.1 Å². The molecule has 1 rings (SSSR count). The van der Waals surface area contributed by atoms with Crippen molar-refractivity contribution in [2.75, 3.05) is 7.11 Å². The zero-order valence-electron chi connectivity index (χ0n) is 11.9. The van der Waals surface area contributed by atoms with Gasteiger partial charge in [0.15, 0.2) is 0 Å². The first-order valence-electron chi connectivity index (χ1n) is 6.09. The summed E-state index contributed by atoms with van der Waals surface area (Å²) in [6.45, 7) is 4.73. The van der Waals surface area contributed by atoms with Gasteiger partial charge in [-0.2, -0.15) is 0 Å². The number of carboxylic acid groups (broad SMARTS) is 1. The first-order valence-corrected chi connectivity index (χ1v) is 7.57. The van der Waals surface area contributed by atoms with Gasteiger partial charge in [0, 0.05) is 6.04 Å². The third kappa shape index (κ3) is 3.71. The van der Waals surface area contributed by atoms with E-state index in [2.05, 4.69) is 4.72 Å². The minimum atomic E-state index is -3.84. The Labute approximate surface area is 118 Å². The van der Waals surface area contributed by atoms with Crippen LogP contribution in [0.5, 0.6) is 5.75 Å². The average molecular weight is 301 g/mol. The lowest BCUT2D eigenvalue weighted by molar-refractivity contribution is -0.141. The summed E-state index contributed by atoms with van der Waals surface area (Å²) in [6, 6.07) is 4.05. The van der Waals surface area contributed by atoms with Crippen LogP contribution in [0.2, 0.25) is 0 Å². The molecule has 0 saturated carbocycles. The molecule has 1 aromatic rings. The van der Waals surface area contributed by atoms with E-state index in [0.717, 1.165) is 5.56 Å². The second-order valence-corrected chi connectivity index (χ2v) is 6.37. The van der Waals surface area contributed by atoms with Gasteiger partial charge in [0.1, 0.15) is 10.6 Å². The van der Waals surface area contributed by atoms with E-state index in [0.29, 0.717) is 0 Å². The Morgan fingerprint density at radius 1 is 1.35 bits per heavy atom. The lowest BCUT2D eigenvalue weighted by Gasteiger charge is -2.19. The van der Waals surface area contributed by atoms with Crippen molar-refractivity contribution < 1.29 is 23.1 Å². The lowest BCUT2D eigenvalue weighted by atomic mass is 10.1. The summed E-state index contributed by atoms with van der Waals surface area (Å²) in [5.74, 6) is -1.67. The second-order valence-electron chi connectivity index (χ2n) is 4.69. The number of aryl methyl sites for hydroxylation is 1. The Bertz CT molecular complexity index is 597. The van der Waals surface area contributed by atoms with E-state index >= 15 is 0 Å². The number of carboxylic acids is 1. The molecular formula is C13H19NO5S. The van der Waals surface area contributed by atoms with Gasteiger partial charge in [-0.3, -0.25) is 4.79 Å². The number of ether oxygens (including phenoxy) is 1. The van der Waals surface area contributed by atoms with Crippen LogP contribution < -0.4 is 9.46 Å². The van der Waals surface area contributed by atoms with Crippen LogP contribution in [0.4, 0.5) is 0 Å². The van der Waals surface area contributed by atoms with Gasteiger partial charge in [0.05, 0.1) is 13.0 Å². The number of rotatable bonds is 6. The third-order valence-electron chi connectivity index (χ3n) is 3.09. The number of benzene rings is 1. The molecule has 0 aromatic heterocycles. The van der Waals surface area contributed by atoms with Gasteiger partial charge >= 0.3 is 5.97 Å². The molecule has 0 aliphatic rings. The Balaban J connectivity index is 3.11. The van der Waals surface area contributed by atoms with Crippen molar-refractivity contribution in [1.82, 2.24) is 4.72 Å². The summed E-state index contributed by atoms with van der Waals surface area (Å²) < 4.78 is 32.0. The fraction of sp³-hybridized carbons (Fsp3) is 0.462. The summed E-state index contributed by atoms with van der Waals surface area (Å²) in [7, 11) is -2.46. The van der Waals surface area contributed by atoms with E-state index in [1.165, 1.54) is 27.0 Å². The number of aliphatic carboxylic acids is 1. The molecule has 0 heterocycles. The van der Waals surface area contributed by atoms with Crippen LogP contribution in [-0.2, 0) is 14.8 Å². The van der Waals surface area contributed by atoms with E-state index in [9.17, 15) is 13.2 Å². The van der Waals surface area contributed by atoms with Crippen LogP contribution in [0.1, 0.15) is 19.4 Å². The summed E-state index contributed by atoms with van der Waals surface area (Å²) in [5, 5.41) is 8.91. The smallest absolute Gasteiger partial charge is 0.307 e. The van der Waals surface area contributed by atoms with Crippen molar-refractivity contribution in [2.24, 2.45) is 5.92 Å². The normalized spacial score (nSPS) is 14.6. The predicted molar refractivity (Wildman–Crippen MR) is 74.3 cm³/mol. The number of hydrogen-bond donors (Lipinski definition) is 2. The molecule has 112 valence electrons. The number of carbonyl (C=O) groups is 1. The molecule has 0 saturated heterocycles. The van der Waals surface area contributed by atoms with E-state index in [1.807, 2.05) is 0 Å². The van der Waals surface area contributed by atoms with Crippen LogP contribution in [0.25, 0.3) is 0 Å². The molecule has 0 amide bonds. The maximum Gasteiger partial charge on any atom is 0.307 e. The van der Waals surface area contributed by atoms with Crippen molar-refractivity contribution >= 4 is 16.0 Å².